The zero-order valence-electron chi connectivity index (χ0n) is 12.7. The lowest BCUT2D eigenvalue weighted by Crippen LogP contribution is -2.43. The summed E-state index contributed by atoms with van der Waals surface area (Å²) in [5.41, 5.74) is 1.05. The molecule has 0 radical (unpaired) electrons. The van der Waals surface area contributed by atoms with Crippen LogP contribution >= 0.6 is 0 Å². The number of nitrogens with one attached hydrogen (secondary N) is 1. The second-order valence-corrected chi connectivity index (χ2v) is 6.20. The molecule has 2 aliphatic heterocycles. The Morgan fingerprint density at radius 1 is 1.52 bits per heavy atom. The van der Waals surface area contributed by atoms with Gasteiger partial charge in [0, 0.05) is 43.9 Å². The molecule has 0 spiro atoms. The van der Waals surface area contributed by atoms with Crippen LogP contribution in [0, 0.1) is 6.92 Å². The molecular formula is C15H24FN3O2. The van der Waals surface area contributed by atoms with Gasteiger partial charge < -0.3 is 14.6 Å². The molecule has 6 heteroatoms. The SMILES string of the molecule is Cc1oncc1CN1C[C@@H](F)C[C@H]1CN[C@H]1CCO[C@H]1C. The van der Waals surface area contributed by atoms with Crippen LogP contribution in [0.1, 0.15) is 31.1 Å². The van der Waals surface area contributed by atoms with E-state index in [1.807, 2.05) is 6.92 Å². The Morgan fingerprint density at radius 2 is 2.38 bits per heavy atom. The molecule has 2 fully saturated rings. The summed E-state index contributed by atoms with van der Waals surface area (Å²) < 4.78 is 24.4. The van der Waals surface area contributed by atoms with Crippen LogP contribution in [0.5, 0.6) is 0 Å². The van der Waals surface area contributed by atoms with E-state index in [4.69, 9.17) is 9.26 Å². The van der Waals surface area contributed by atoms with Crippen LogP contribution in [0.4, 0.5) is 4.39 Å². The Balaban J connectivity index is 1.56. The van der Waals surface area contributed by atoms with Gasteiger partial charge in [-0.25, -0.2) is 4.39 Å². The van der Waals surface area contributed by atoms with Gasteiger partial charge >= 0.3 is 0 Å². The second-order valence-electron chi connectivity index (χ2n) is 6.20. The maximum absolute atomic E-state index is 13.8. The number of nitrogens with zero attached hydrogens (tertiary/aromatic N) is 2. The van der Waals surface area contributed by atoms with Crippen molar-refractivity contribution in [2.45, 2.75) is 57.6 Å². The quantitative estimate of drug-likeness (QED) is 0.896. The molecule has 0 aliphatic carbocycles. The minimum atomic E-state index is -0.741. The summed E-state index contributed by atoms with van der Waals surface area (Å²) in [6, 6.07) is 0.616. The number of ether oxygens (including phenoxy) is 1. The second kappa shape index (κ2) is 6.42. The summed E-state index contributed by atoms with van der Waals surface area (Å²) in [5, 5.41) is 7.34. The van der Waals surface area contributed by atoms with E-state index in [0.29, 0.717) is 25.6 Å². The molecule has 1 aromatic rings. The molecule has 21 heavy (non-hydrogen) atoms. The number of aryl methyl sites for hydroxylation is 1. The van der Waals surface area contributed by atoms with Crippen LogP contribution in [-0.2, 0) is 11.3 Å². The van der Waals surface area contributed by atoms with Crippen molar-refractivity contribution in [1.29, 1.82) is 0 Å². The van der Waals surface area contributed by atoms with E-state index in [-0.39, 0.29) is 12.1 Å². The van der Waals surface area contributed by atoms with Gasteiger partial charge in [-0.15, -0.1) is 0 Å². The highest BCUT2D eigenvalue weighted by Crippen LogP contribution is 2.24. The van der Waals surface area contributed by atoms with Crippen molar-refractivity contribution in [3.63, 3.8) is 0 Å². The van der Waals surface area contributed by atoms with Gasteiger partial charge in [0.2, 0.25) is 0 Å². The van der Waals surface area contributed by atoms with E-state index in [9.17, 15) is 4.39 Å². The molecule has 0 bridgehead atoms. The molecule has 2 saturated heterocycles. The lowest BCUT2D eigenvalue weighted by molar-refractivity contribution is 0.111. The first-order chi connectivity index (χ1) is 10.1. The number of likely N-dealkylation sites (tertiary alicyclic amines) is 1. The minimum Gasteiger partial charge on any atom is -0.377 e. The average molecular weight is 297 g/mol. The fourth-order valence-corrected chi connectivity index (χ4v) is 3.31. The first-order valence-electron chi connectivity index (χ1n) is 7.76. The lowest BCUT2D eigenvalue weighted by Gasteiger charge is -2.26. The number of rotatable bonds is 5. The van der Waals surface area contributed by atoms with Gasteiger partial charge in [-0.2, -0.15) is 0 Å². The van der Waals surface area contributed by atoms with E-state index in [1.54, 1.807) is 6.20 Å². The van der Waals surface area contributed by atoms with E-state index < -0.39 is 6.17 Å². The Bertz CT molecular complexity index is 468. The molecule has 4 atom stereocenters. The molecule has 0 aromatic carbocycles. The van der Waals surface area contributed by atoms with Crippen molar-refractivity contribution in [3.8, 4) is 0 Å². The molecular weight excluding hydrogens is 273 g/mol. The topological polar surface area (TPSA) is 50.5 Å². The molecule has 1 aromatic heterocycles. The predicted octanol–water partition coefficient (Wildman–Crippen LogP) is 1.66. The van der Waals surface area contributed by atoms with Crippen molar-refractivity contribution < 1.29 is 13.7 Å². The summed E-state index contributed by atoms with van der Waals surface area (Å²) in [6.07, 6.45) is 2.88. The largest absolute Gasteiger partial charge is 0.377 e. The molecule has 3 rings (SSSR count). The zero-order chi connectivity index (χ0) is 14.8. The average Bonchev–Trinajstić information content (AvgIpc) is 3.11. The fourth-order valence-electron chi connectivity index (χ4n) is 3.31. The van der Waals surface area contributed by atoms with Gasteiger partial charge in [0.15, 0.2) is 0 Å². The number of hydrogen-bond acceptors (Lipinski definition) is 5. The van der Waals surface area contributed by atoms with E-state index >= 15 is 0 Å². The fraction of sp³-hybridized carbons (Fsp3) is 0.800. The molecule has 0 unspecified atom stereocenters. The summed E-state index contributed by atoms with van der Waals surface area (Å²) in [6.45, 7) is 6.82. The van der Waals surface area contributed by atoms with Crippen LogP contribution < -0.4 is 5.32 Å². The number of halogens is 1. The third kappa shape index (κ3) is 3.44. The van der Waals surface area contributed by atoms with Crippen LogP contribution in [0.15, 0.2) is 10.7 Å². The Morgan fingerprint density at radius 3 is 3.05 bits per heavy atom. The minimum absolute atomic E-state index is 0.224. The number of alkyl halides is 1. The Hall–Kier alpha value is -0.980. The van der Waals surface area contributed by atoms with Gasteiger partial charge in [0.1, 0.15) is 11.9 Å². The first kappa shape index (κ1) is 14.9. The van der Waals surface area contributed by atoms with Gasteiger partial charge in [-0.3, -0.25) is 4.90 Å². The van der Waals surface area contributed by atoms with Gasteiger partial charge in [0.05, 0.1) is 12.3 Å². The van der Waals surface area contributed by atoms with Gasteiger partial charge in [0.25, 0.3) is 0 Å². The first-order valence-corrected chi connectivity index (χ1v) is 7.76. The van der Waals surface area contributed by atoms with Crippen molar-refractivity contribution >= 4 is 0 Å². The normalized spacial score (nSPS) is 33.9. The van der Waals surface area contributed by atoms with Crippen molar-refractivity contribution in [2.24, 2.45) is 0 Å². The van der Waals surface area contributed by atoms with Crippen LogP contribution in [-0.4, -0.2) is 54.1 Å². The standard InChI is InChI=1S/C15H24FN3O2/c1-10-12(6-18-21-10)8-19-9-13(16)5-14(19)7-17-15-3-4-20-11(15)2/h6,11,13-15,17H,3-5,7-9H2,1-2H3/t11-,13-,14-,15-/m0/s1. The predicted molar refractivity (Wildman–Crippen MR) is 76.8 cm³/mol. The smallest absolute Gasteiger partial charge is 0.138 e. The molecule has 3 heterocycles. The maximum atomic E-state index is 13.8. The third-order valence-corrected chi connectivity index (χ3v) is 4.69. The summed E-state index contributed by atoms with van der Waals surface area (Å²) in [4.78, 5) is 2.19. The van der Waals surface area contributed by atoms with Crippen molar-refractivity contribution in [3.05, 3.63) is 17.5 Å². The molecule has 118 valence electrons. The molecule has 2 aliphatic rings. The maximum Gasteiger partial charge on any atom is 0.138 e. The van der Waals surface area contributed by atoms with E-state index in [2.05, 4.69) is 22.3 Å². The van der Waals surface area contributed by atoms with E-state index in [0.717, 1.165) is 30.9 Å². The number of hydrogen-bond donors (Lipinski definition) is 1. The van der Waals surface area contributed by atoms with Crippen LogP contribution in [0.3, 0.4) is 0 Å². The molecule has 0 amide bonds. The van der Waals surface area contributed by atoms with Crippen LogP contribution in [0.25, 0.3) is 0 Å². The van der Waals surface area contributed by atoms with E-state index in [1.165, 1.54) is 0 Å². The highest BCUT2D eigenvalue weighted by atomic mass is 19.1. The molecule has 5 nitrogen and oxygen atoms in total. The number of aromatic nitrogens is 1. The summed E-state index contributed by atoms with van der Waals surface area (Å²) in [7, 11) is 0. The molecule has 0 saturated carbocycles. The summed E-state index contributed by atoms with van der Waals surface area (Å²) >= 11 is 0. The van der Waals surface area contributed by atoms with Crippen molar-refractivity contribution in [2.75, 3.05) is 19.7 Å². The van der Waals surface area contributed by atoms with Crippen LogP contribution in [0.2, 0.25) is 0 Å². The monoisotopic (exact) mass is 297 g/mol. The lowest BCUT2D eigenvalue weighted by atomic mass is 10.1. The van der Waals surface area contributed by atoms with Gasteiger partial charge in [-0.1, -0.05) is 5.16 Å². The third-order valence-electron chi connectivity index (χ3n) is 4.69. The Labute approximate surface area is 124 Å². The molecule has 1 N–H and O–H groups in total. The van der Waals surface area contributed by atoms with Gasteiger partial charge in [-0.05, 0) is 26.7 Å². The highest BCUT2D eigenvalue weighted by molar-refractivity contribution is 5.12. The highest BCUT2D eigenvalue weighted by Gasteiger charge is 2.33. The summed E-state index contributed by atoms with van der Waals surface area (Å²) in [5.74, 6) is 0.821. The Kier molecular flexibility index (Phi) is 4.57. The zero-order valence-corrected chi connectivity index (χ0v) is 12.7. The van der Waals surface area contributed by atoms with Crippen molar-refractivity contribution in [1.82, 2.24) is 15.4 Å².